The van der Waals surface area contributed by atoms with E-state index in [1.165, 1.54) is 0 Å². The summed E-state index contributed by atoms with van der Waals surface area (Å²) in [5.41, 5.74) is 5.72. The van der Waals surface area contributed by atoms with Gasteiger partial charge in [-0.15, -0.1) is 0 Å². The average molecular weight is 195 g/mol. The Morgan fingerprint density at radius 1 is 1.71 bits per heavy atom. The molecule has 3 unspecified atom stereocenters. The van der Waals surface area contributed by atoms with Crippen molar-refractivity contribution in [2.75, 3.05) is 0 Å². The molecule has 0 aromatic carbocycles. The fraction of sp³-hybridized carbons (Fsp3) is 0.800. The van der Waals surface area contributed by atoms with Crippen LogP contribution in [0.25, 0.3) is 0 Å². The molecule has 0 radical (unpaired) electrons. The van der Waals surface area contributed by atoms with Crippen LogP contribution in [-0.4, -0.2) is 18.0 Å². The highest BCUT2D eigenvalue weighted by Crippen LogP contribution is 2.24. The number of nitrogens with zero attached hydrogens (tertiary/aromatic N) is 1. The topological polar surface area (TPSA) is 78.9 Å². The molecule has 0 heterocycles. The van der Waals surface area contributed by atoms with Crippen LogP contribution in [0.4, 0.5) is 0 Å². The number of nitriles is 1. The summed E-state index contributed by atoms with van der Waals surface area (Å²) >= 11 is 0. The number of rotatable bonds is 3. The van der Waals surface area contributed by atoms with Crippen LogP contribution < -0.4 is 11.1 Å². The van der Waals surface area contributed by atoms with E-state index < -0.39 is 0 Å². The van der Waals surface area contributed by atoms with Crippen LogP contribution in [0.15, 0.2) is 0 Å². The highest BCUT2D eigenvalue weighted by molar-refractivity contribution is 5.79. The summed E-state index contributed by atoms with van der Waals surface area (Å²) in [6.45, 7) is 1.84. The van der Waals surface area contributed by atoms with Crippen molar-refractivity contribution in [3.8, 4) is 6.07 Å². The second-order valence-corrected chi connectivity index (χ2v) is 4.04. The van der Waals surface area contributed by atoms with E-state index in [0.717, 1.165) is 19.3 Å². The highest BCUT2D eigenvalue weighted by Gasteiger charge is 2.28. The number of nitrogens with two attached hydrogens (primary N) is 1. The van der Waals surface area contributed by atoms with Gasteiger partial charge >= 0.3 is 0 Å². The van der Waals surface area contributed by atoms with Gasteiger partial charge in [0.25, 0.3) is 0 Å². The molecule has 3 N–H and O–H groups in total. The number of hydrogen-bond acceptors (Lipinski definition) is 3. The van der Waals surface area contributed by atoms with Gasteiger partial charge in [-0.2, -0.15) is 5.26 Å². The van der Waals surface area contributed by atoms with Crippen LogP contribution in [0.3, 0.4) is 0 Å². The molecule has 14 heavy (non-hydrogen) atoms. The van der Waals surface area contributed by atoms with Gasteiger partial charge < -0.3 is 11.1 Å². The minimum absolute atomic E-state index is 0.0516. The van der Waals surface area contributed by atoms with Gasteiger partial charge in [0.15, 0.2) is 0 Å². The first-order chi connectivity index (χ1) is 6.63. The van der Waals surface area contributed by atoms with Gasteiger partial charge in [-0.05, 0) is 26.2 Å². The Labute approximate surface area is 84.5 Å². The maximum Gasteiger partial charge on any atom is 0.223 e. The van der Waals surface area contributed by atoms with Crippen molar-refractivity contribution in [1.29, 1.82) is 5.26 Å². The van der Waals surface area contributed by atoms with Crippen molar-refractivity contribution in [2.45, 2.75) is 44.7 Å². The number of hydrogen-bond donors (Lipinski definition) is 2. The summed E-state index contributed by atoms with van der Waals surface area (Å²) in [5, 5.41) is 11.3. The average Bonchev–Trinajstić information content (AvgIpc) is 2.52. The van der Waals surface area contributed by atoms with Crippen LogP contribution in [0.1, 0.15) is 32.6 Å². The lowest BCUT2D eigenvalue weighted by Gasteiger charge is -2.14. The molecule has 0 saturated heterocycles. The zero-order valence-electron chi connectivity index (χ0n) is 8.49. The van der Waals surface area contributed by atoms with E-state index >= 15 is 0 Å². The van der Waals surface area contributed by atoms with Crippen LogP contribution in [0.5, 0.6) is 0 Å². The van der Waals surface area contributed by atoms with Gasteiger partial charge in [-0.1, -0.05) is 0 Å². The zero-order chi connectivity index (χ0) is 10.6. The van der Waals surface area contributed by atoms with Gasteiger partial charge in [-0.3, -0.25) is 4.79 Å². The van der Waals surface area contributed by atoms with Crippen LogP contribution in [-0.2, 0) is 4.79 Å². The van der Waals surface area contributed by atoms with E-state index in [2.05, 4.69) is 5.32 Å². The molecule has 1 aliphatic carbocycles. The Morgan fingerprint density at radius 2 is 2.43 bits per heavy atom. The number of nitrogens with one attached hydrogen (secondary N) is 1. The Hall–Kier alpha value is -1.08. The molecule has 4 heteroatoms. The molecule has 1 fully saturated rings. The quantitative estimate of drug-likeness (QED) is 0.689. The molecule has 0 aliphatic heterocycles. The van der Waals surface area contributed by atoms with E-state index in [-0.39, 0.29) is 23.9 Å². The zero-order valence-corrected chi connectivity index (χ0v) is 8.49. The molecular weight excluding hydrogens is 178 g/mol. The second kappa shape index (κ2) is 4.97. The minimum Gasteiger partial charge on any atom is -0.352 e. The van der Waals surface area contributed by atoms with E-state index in [9.17, 15) is 4.79 Å². The summed E-state index contributed by atoms with van der Waals surface area (Å²) in [4.78, 5) is 11.6. The lowest BCUT2D eigenvalue weighted by Crippen LogP contribution is -2.36. The van der Waals surface area contributed by atoms with Crippen molar-refractivity contribution in [1.82, 2.24) is 5.32 Å². The van der Waals surface area contributed by atoms with Crippen LogP contribution in [0.2, 0.25) is 0 Å². The molecule has 1 amide bonds. The molecule has 3 atom stereocenters. The monoisotopic (exact) mass is 195 g/mol. The van der Waals surface area contributed by atoms with Gasteiger partial charge in [0.05, 0.1) is 12.5 Å². The normalized spacial score (nSPS) is 28.1. The predicted molar refractivity (Wildman–Crippen MR) is 53.2 cm³/mol. The maximum absolute atomic E-state index is 11.6. The summed E-state index contributed by atoms with van der Waals surface area (Å²) in [7, 11) is 0. The first-order valence-electron chi connectivity index (χ1n) is 5.06. The highest BCUT2D eigenvalue weighted by atomic mass is 16.1. The molecule has 78 valence electrons. The van der Waals surface area contributed by atoms with Crippen molar-refractivity contribution >= 4 is 5.91 Å². The van der Waals surface area contributed by atoms with E-state index in [1.54, 1.807) is 0 Å². The van der Waals surface area contributed by atoms with Crippen molar-refractivity contribution < 1.29 is 4.79 Å². The lowest BCUT2D eigenvalue weighted by atomic mass is 10.1. The molecule has 0 aromatic heterocycles. The van der Waals surface area contributed by atoms with E-state index in [1.807, 2.05) is 13.0 Å². The Kier molecular flexibility index (Phi) is 3.90. The van der Waals surface area contributed by atoms with Crippen molar-refractivity contribution in [2.24, 2.45) is 11.7 Å². The molecule has 1 aliphatic rings. The summed E-state index contributed by atoms with van der Waals surface area (Å²) in [6, 6.07) is 2.16. The van der Waals surface area contributed by atoms with Crippen LogP contribution >= 0.6 is 0 Å². The van der Waals surface area contributed by atoms with Gasteiger partial charge in [0.2, 0.25) is 5.91 Å². The molecule has 0 spiro atoms. The van der Waals surface area contributed by atoms with Crippen molar-refractivity contribution in [3.05, 3.63) is 0 Å². The summed E-state index contributed by atoms with van der Waals surface area (Å²) in [5.74, 6) is 0.117. The van der Waals surface area contributed by atoms with E-state index in [0.29, 0.717) is 6.42 Å². The van der Waals surface area contributed by atoms with Crippen LogP contribution in [0, 0.1) is 17.2 Å². The maximum atomic E-state index is 11.6. The number of carbonyl (C=O) groups is 1. The molecule has 0 bridgehead atoms. The predicted octanol–water partition coefficient (Wildman–Crippen LogP) is 0.532. The third kappa shape index (κ3) is 3.00. The largest absolute Gasteiger partial charge is 0.352 e. The standard InChI is InChI=1S/C10H17N3O/c1-7(4-5-11)13-10(14)8-2-3-9(12)6-8/h7-9H,2-4,6,12H2,1H3,(H,13,14). The first kappa shape index (κ1) is 11.0. The Morgan fingerprint density at radius 3 is 2.93 bits per heavy atom. The van der Waals surface area contributed by atoms with Gasteiger partial charge in [0, 0.05) is 18.0 Å². The molecule has 0 aromatic rings. The third-order valence-electron chi connectivity index (χ3n) is 2.63. The Bertz CT molecular complexity index is 246. The molecule has 1 rings (SSSR count). The van der Waals surface area contributed by atoms with Gasteiger partial charge in [-0.25, -0.2) is 0 Å². The Balaban J connectivity index is 2.32. The van der Waals surface area contributed by atoms with Gasteiger partial charge in [0.1, 0.15) is 0 Å². The fourth-order valence-electron chi connectivity index (χ4n) is 1.80. The summed E-state index contributed by atoms with van der Waals surface area (Å²) < 4.78 is 0. The number of amides is 1. The fourth-order valence-corrected chi connectivity index (χ4v) is 1.80. The second-order valence-electron chi connectivity index (χ2n) is 4.04. The molecular formula is C10H17N3O. The lowest BCUT2D eigenvalue weighted by molar-refractivity contribution is -0.125. The SMILES string of the molecule is CC(CC#N)NC(=O)C1CCC(N)C1. The smallest absolute Gasteiger partial charge is 0.223 e. The van der Waals surface area contributed by atoms with Crippen molar-refractivity contribution in [3.63, 3.8) is 0 Å². The third-order valence-corrected chi connectivity index (χ3v) is 2.63. The molecule has 4 nitrogen and oxygen atoms in total. The first-order valence-corrected chi connectivity index (χ1v) is 5.06. The minimum atomic E-state index is -0.0516. The molecule has 1 saturated carbocycles. The summed E-state index contributed by atoms with van der Waals surface area (Å²) in [6.07, 6.45) is 2.96. The number of carbonyl (C=O) groups excluding carboxylic acids is 1. The van der Waals surface area contributed by atoms with E-state index in [4.69, 9.17) is 11.0 Å².